The summed E-state index contributed by atoms with van der Waals surface area (Å²) in [4.78, 5) is 9.42. The Morgan fingerprint density at radius 1 is 0.944 bits per heavy atom. The molecule has 0 spiro atoms. The van der Waals surface area contributed by atoms with Gasteiger partial charge >= 0.3 is 0 Å². The van der Waals surface area contributed by atoms with Gasteiger partial charge in [0.2, 0.25) is 5.88 Å². The predicted octanol–water partition coefficient (Wildman–Crippen LogP) is 3.44. The maximum atomic E-state index is 6.03. The highest BCUT2D eigenvalue weighted by molar-refractivity contribution is 5.75. The highest BCUT2D eigenvalue weighted by atomic mass is 16.5. The Morgan fingerprint density at radius 2 is 1.72 bits per heavy atom. The molecule has 1 aromatic heterocycles. The first-order valence-corrected chi connectivity index (χ1v) is 6.85. The molecule has 0 saturated heterocycles. The third-order valence-electron chi connectivity index (χ3n) is 4.13. The zero-order valence-electron chi connectivity index (χ0n) is 10.3. The standard InChI is InChI=1S/C15H16N2O/c1-2-6-10-13(9-3-1)18-15-14(10)16-11-7-4-5-8-12(11)17-15/h4-5,7-8,10,13H,1-3,6,9H2. The fourth-order valence-corrected chi connectivity index (χ4v) is 3.20. The van der Waals surface area contributed by atoms with Crippen molar-refractivity contribution in [2.24, 2.45) is 0 Å². The fourth-order valence-electron chi connectivity index (χ4n) is 3.20. The number of rotatable bonds is 0. The third kappa shape index (κ3) is 1.50. The Balaban J connectivity index is 1.85. The molecule has 3 heteroatoms. The van der Waals surface area contributed by atoms with E-state index in [4.69, 9.17) is 9.72 Å². The fraction of sp³-hybridized carbons (Fsp3) is 0.467. The number of fused-ring (bicyclic) bond motifs is 4. The van der Waals surface area contributed by atoms with Gasteiger partial charge in [-0.3, -0.25) is 0 Å². The molecule has 1 saturated carbocycles. The summed E-state index contributed by atoms with van der Waals surface area (Å²) in [6, 6.07) is 8.05. The molecule has 18 heavy (non-hydrogen) atoms. The van der Waals surface area contributed by atoms with E-state index < -0.39 is 0 Å². The van der Waals surface area contributed by atoms with Crippen LogP contribution in [0.2, 0.25) is 0 Å². The largest absolute Gasteiger partial charge is 0.472 e. The Hall–Kier alpha value is -1.64. The molecule has 2 aliphatic rings. The molecule has 0 amide bonds. The molecule has 2 aromatic rings. The van der Waals surface area contributed by atoms with Crippen LogP contribution >= 0.6 is 0 Å². The molecular weight excluding hydrogens is 224 g/mol. The van der Waals surface area contributed by atoms with Gasteiger partial charge in [0, 0.05) is 5.92 Å². The number of ether oxygens (including phenoxy) is 1. The van der Waals surface area contributed by atoms with Crippen molar-refractivity contribution in [1.29, 1.82) is 0 Å². The molecule has 1 fully saturated rings. The van der Waals surface area contributed by atoms with E-state index in [1.807, 2.05) is 24.3 Å². The number of para-hydroxylation sites is 2. The van der Waals surface area contributed by atoms with Gasteiger partial charge in [0.15, 0.2) is 0 Å². The molecule has 0 bridgehead atoms. The monoisotopic (exact) mass is 240 g/mol. The van der Waals surface area contributed by atoms with Crippen LogP contribution in [0.25, 0.3) is 11.0 Å². The van der Waals surface area contributed by atoms with Crippen LogP contribution in [0.5, 0.6) is 5.88 Å². The van der Waals surface area contributed by atoms with Gasteiger partial charge in [-0.05, 0) is 31.4 Å². The maximum absolute atomic E-state index is 6.03. The van der Waals surface area contributed by atoms with Gasteiger partial charge in [0.25, 0.3) is 0 Å². The van der Waals surface area contributed by atoms with E-state index in [-0.39, 0.29) is 0 Å². The van der Waals surface area contributed by atoms with Crippen LogP contribution in [-0.4, -0.2) is 16.1 Å². The lowest BCUT2D eigenvalue weighted by Gasteiger charge is -2.13. The third-order valence-corrected chi connectivity index (χ3v) is 4.13. The van der Waals surface area contributed by atoms with Gasteiger partial charge in [-0.1, -0.05) is 25.0 Å². The smallest absolute Gasteiger partial charge is 0.236 e. The molecule has 0 radical (unpaired) electrons. The molecule has 3 nitrogen and oxygen atoms in total. The average Bonchev–Trinajstić information content (AvgIpc) is 2.59. The van der Waals surface area contributed by atoms with Crippen molar-refractivity contribution < 1.29 is 4.74 Å². The highest BCUT2D eigenvalue weighted by Gasteiger charge is 2.37. The van der Waals surface area contributed by atoms with Gasteiger partial charge in [0.1, 0.15) is 11.8 Å². The van der Waals surface area contributed by atoms with Crippen molar-refractivity contribution in [2.45, 2.75) is 44.1 Å². The van der Waals surface area contributed by atoms with E-state index >= 15 is 0 Å². The van der Waals surface area contributed by atoms with Gasteiger partial charge < -0.3 is 4.74 Å². The summed E-state index contributed by atoms with van der Waals surface area (Å²) < 4.78 is 6.03. The summed E-state index contributed by atoms with van der Waals surface area (Å²) >= 11 is 0. The zero-order valence-corrected chi connectivity index (χ0v) is 10.3. The molecule has 0 N–H and O–H groups in total. The SMILES string of the molecule is c1ccc2nc3c(nc2c1)OC1CCCCCC31. The first-order valence-electron chi connectivity index (χ1n) is 6.85. The average molecular weight is 240 g/mol. The van der Waals surface area contributed by atoms with E-state index in [2.05, 4.69) is 4.98 Å². The number of hydrogen-bond donors (Lipinski definition) is 0. The van der Waals surface area contributed by atoms with Crippen molar-refractivity contribution in [3.05, 3.63) is 30.0 Å². The Kier molecular flexibility index (Phi) is 2.25. The number of benzene rings is 1. The van der Waals surface area contributed by atoms with Gasteiger partial charge in [-0.15, -0.1) is 0 Å². The Labute approximate surface area is 106 Å². The van der Waals surface area contributed by atoms with Gasteiger partial charge in [-0.2, -0.15) is 0 Å². The van der Waals surface area contributed by atoms with E-state index in [1.165, 1.54) is 25.7 Å². The molecule has 1 aromatic carbocycles. The summed E-state index contributed by atoms with van der Waals surface area (Å²) in [5.74, 6) is 1.25. The van der Waals surface area contributed by atoms with Crippen LogP contribution in [0.4, 0.5) is 0 Å². The minimum absolute atomic E-state index is 0.319. The van der Waals surface area contributed by atoms with Crippen molar-refractivity contribution >= 4 is 11.0 Å². The lowest BCUT2D eigenvalue weighted by atomic mass is 9.96. The first-order chi connectivity index (χ1) is 8.92. The Bertz CT molecular complexity index is 596. The molecule has 2 heterocycles. The van der Waals surface area contributed by atoms with Crippen molar-refractivity contribution in [1.82, 2.24) is 9.97 Å². The molecule has 2 atom stereocenters. The van der Waals surface area contributed by atoms with E-state index in [0.717, 1.165) is 29.0 Å². The van der Waals surface area contributed by atoms with E-state index in [1.54, 1.807) is 0 Å². The van der Waals surface area contributed by atoms with Gasteiger partial charge in [-0.25, -0.2) is 9.97 Å². The molecule has 92 valence electrons. The van der Waals surface area contributed by atoms with Crippen LogP contribution < -0.4 is 4.74 Å². The van der Waals surface area contributed by atoms with Crippen LogP contribution in [0, 0.1) is 0 Å². The summed E-state index contributed by atoms with van der Waals surface area (Å²) in [5, 5.41) is 0. The number of nitrogens with zero attached hydrogens (tertiary/aromatic N) is 2. The van der Waals surface area contributed by atoms with Crippen molar-refractivity contribution in [3.63, 3.8) is 0 Å². The Morgan fingerprint density at radius 3 is 2.61 bits per heavy atom. The van der Waals surface area contributed by atoms with Crippen LogP contribution in [-0.2, 0) is 0 Å². The molecule has 4 rings (SSSR count). The summed E-state index contributed by atoms with van der Waals surface area (Å²) in [7, 11) is 0. The lowest BCUT2D eigenvalue weighted by molar-refractivity contribution is 0.190. The minimum atomic E-state index is 0.319. The normalized spacial score (nSPS) is 26.2. The number of hydrogen-bond acceptors (Lipinski definition) is 3. The van der Waals surface area contributed by atoms with Crippen LogP contribution in [0.3, 0.4) is 0 Å². The van der Waals surface area contributed by atoms with Crippen LogP contribution in [0.1, 0.15) is 43.7 Å². The maximum Gasteiger partial charge on any atom is 0.236 e. The predicted molar refractivity (Wildman–Crippen MR) is 69.8 cm³/mol. The van der Waals surface area contributed by atoms with Crippen molar-refractivity contribution in [2.75, 3.05) is 0 Å². The molecule has 1 aliphatic carbocycles. The lowest BCUT2D eigenvalue weighted by Crippen LogP contribution is -2.17. The second-order valence-corrected chi connectivity index (χ2v) is 5.30. The van der Waals surface area contributed by atoms with E-state index in [0.29, 0.717) is 12.0 Å². The first kappa shape index (κ1) is 10.3. The quantitative estimate of drug-likeness (QED) is 0.707. The zero-order chi connectivity index (χ0) is 11.9. The topological polar surface area (TPSA) is 35.0 Å². The second kappa shape index (κ2) is 3.94. The highest BCUT2D eigenvalue weighted by Crippen LogP contribution is 2.43. The van der Waals surface area contributed by atoms with Crippen LogP contribution in [0.15, 0.2) is 24.3 Å². The number of aromatic nitrogens is 2. The summed E-state index contributed by atoms with van der Waals surface area (Å²) in [6.45, 7) is 0. The van der Waals surface area contributed by atoms with E-state index in [9.17, 15) is 0 Å². The summed E-state index contributed by atoms with van der Waals surface area (Å²) in [5.41, 5.74) is 3.03. The molecular formula is C15H16N2O. The molecule has 2 unspecified atom stereocenters. The van der Waals surface area contributed by atoms with Gasteiger partial charge in [0.05, 0.1) is 11.0 Å². The summed E-state index contributed by atoms with van der Waals surface area (Å²) in [6.07, 6.45) is 6.56. The van der Waals surface area contributed by atoms with Crippen molar-refractivity contribution in [3.8, 4) is 5.88 Å². The minimum Gasteiger partial charge on any atom is -0.472 e. The molecule has 1 aliphatic heterocycles. The second-order valence-electron chi connectivity index (χ2n) is 5.30.